The average molecular weight is 428 g/mol. The minimum atomic E-state index is -0.556. The highest BCUT2D eigenvalue weighted by atomic mass is 16.7. The molecule has 0 atom stereocenters. The molecular weight excluding hydrogens is 401 g/mol. The number of rotatable bonds is 8. The van der Waals surface area contributed by atoms with Crippen LogP contribution in [0.5, 0.6) is 0 Å². The molecule has 32 heavy (non-hydrogen) atoms. The Labute approximate surface area is 191 Å². The van der Waals surface area contributed by atoms with E-state index in [4.69, 9.17) is 23.2 Å². The molecule has 0 bridgehead atoms. The van der Waals surface area contributed by atoms with E-state index in [-0.39, 0.29) is 0 Å². The van der Waals surface area contributed by atoms with Crippen molar-refractivity contribution in [1.29, 1.82) is 0 Å². The minimum absolute atomic E-state index is 0.540. The normalized spacial score (nSPS) is 14.2. The van der Waals surface area contributed by atoms with Crippen LogP contribution in [0.2, 0.25) is 0 Å². The number of hydrogen-bond acceptors (Lipinski definition) is 5. The first-order chi connectivity index (χ1) is 15.7. The molecule has 0 radical (unpaired) electrons. The van der Waals surface area contributed by atoms with Crippen molar-refractivity contribution in [3.8, 4) is 0 Å². The highest BCUT2D eigenvalue weighted by molar-refractivity contribution is 6.87. The van der Waals surface area contributed by atoms with Crippen molar-refractivity contribution in [3.05, 3.63) is 89.5 Å². The lowest BCUT2D eigenvalue weighted by Gasteiger charge is -2.31. The molecule has 0 aromatic heterocycles. The Bertz CT molecular complexity index is 923. The first-order valence-electron chi connectivity index (χ1n) is 10.9. The third kappa shape index (κ3) is 5.52. The second-order valence-electron chi connectivity index (χ2n) is 7.85. The van der Waals surface area contributed by atoms with Gasteiger partial charge < -0.3 is 23.2 Å². The third-order valence-electron chi connectivity index (χ3n) is 5.53. The third-order valence-corrected chi connectivity index (χ3v) is 5.53. The summed E-state index contributed by atoms with van der Waals surface area (Å²) in [7, 11) is 1.73. The van der Waals surface area contributed by atoms with Gasteiger partial charge in [0, 0.05) is 14.2 Å². The molecule has 8 heteroatoms. The van der Waals surface area contributed by atoms with Gasteiger partial charge in [-0.25, -0.2) is 0 Å². The molecule has 3 aromatic rings. The zero-order chi connectivity index (χ0) is 22.3. The summed E-state index contributed by atoms with van der Waals surface area (Å²) >= 11 is 0. The maximum absolute atomic E-state index is 6.25. The fourth-order valence-corrected chi connectivity index (χ4v) is 3.69. The van der Waals surface area contributed by atoms with Gasteiger partial charge in [-0.2, -0.15) is 0 Å². The largest absolute Gasteiger partial charge is 0.467 e. The number of methoxy groups -OCH3 is 2. The van der Waals surface area contributed by atoms with Gasteiger partial charge in [-0.3, -0.25) is 0 Å². The summed E-state index contributed by atoms with van der Waals surface area (Å²) in [4.78, 5) is 0. The molecule has 0 amide bonds. The van der Waals surface area contributed by atoms with Crippen LogP contribution < -0.4 is 16.4 Å². The molecule has 4 rings (SSSR count). The van der Waals surface area contributed by atoms with Crippen LogP contribution in [0.4, 0.5) is 0 Å². The monoisotopic (exact) mass is 428 g/mol. The van der Waals surface area contributed by atoms with E-state index in [0.717, 1.165) is 33.9 Å². The Morgan fingerprint density at radius 3 is 1.12 bits per heavy atom. The van der Waals surface area contributed by atoms with Gasteiger partial charge in [0.15, 0.2) is 0 Å². The topological polar surface area (TPSA) is 46.2 Å². The molecule has 1 fully saturated rings. The highest BCUT2D eigenvalue weighted by Crippen LogP contribution is 2.12. The molecule has 0 saturated carbocycles. The van der Waals surface area contributed by atoms with Gasteiger partial charge in [0.05, 0.1) is 13.2 Å². The van der Waals surface area contributed by atoms with E-state index in [0.29, 0.717) is 13.2 Å². The maximum Gasteiger partial charge on any atom is 0.467 e. The fourth-order valence-electron chi connectivity index (χ4n) is 3.69. The summed E-state index contributed by atoms with van der Waals surface area (Å²) in [6.07, 6.45) is 0.989. The number of benzene rings is 3. The Morgan fingerprint density at radius 1 is 0.531 bits per heavy atom. The molecule has 0 spiro atoms. The van der Waals surface area contributed by atoms with Gasteiger partial charge in [-0.1, -0.05) is 79.7 Å². The zero-order valence-electron chi connectivity index (χ0n) is 18.8. The van der Waals surface area contributed by atoms with Gasteiger partial charge in [0.25, 0.3) is 0 Å². The van der Waals surface area contributed by atoms with Crippen LogP contribution in [0, 0.1) is 0 Å². The zero-order valence-corrected chi connectivity index (χ0v) is 18.8. The van der Waals surface area contributed by atoms with Crippen molar-refractivity contribution in [2.45, 2.75) is 26.6 Å². The molecule has 1 aliphatic rings. The van der Waals surface area contributed by atoms with Crippen LogP contribution in [0.15, 0.2) is 72.8 Å². The van der Waals surface area contributed by atoms with Gasteiger partial charge in [0.2, 0.25) is 0 Å². The highest BCUT2D eigenvalue weighted by Gasteiger charge is 2.43. The summed E-state index contributed by atoms with van der Waals surface area (Å²) in [5.74, 6) is 0. The van der Waals surface area contributed by atoms with E-state index < -0.39 is 21.4 Å². The van der Waals surface area contributed by atoms with Crippen LogP contribution in [0.25, 0.3) is 0 Å². The molecule has 1 aliphatic heterocycles. The Morgan fingerprint density at radius 2 is 0.844 bits per heavy atom. The SMILES string of the molecule is CCc1ccc(B2OB(c3ccc(COC)cc3)OB(c3ccc(COC)cc3)O2)cc1. The Hall–Kier alpha value is -2.35. The predicted molar refractivity (Wildman–Crippen MR) is 130 cm³/mol. The van der Waals surface area contributed by atoms with Crippen molar-refractivity contribution in [2.24, 2.45) is 0 Å². The van der Waals surface area contributed by atoms with Crippen LogP contribution >= 0.6 is 0 Å². The van der Waals surface area contributed by atoms with E-state index in [1.807, 2.05) is 48.5 Å². The van der Waals surface area contributed by atoms with Crippen LogP contribution in [-0.4, -0.2) is 35.6 Å². The first-order valence-corrected chi connectivity index (χ1v) is 10.9. The van der Waals surface area contributed by atoms with Gasteiger partial charge >= 0.3 is 21.4 Å². The number of hydrogen-bond donors (Lipinski definition) is 0. The molecule has 1 heterocycles. The standard InChI is InChI=1S/C24H27B3O5/c1-4-19-5-11-22(12-6-19)25-30-26(23-13-7-20(8-14-23)17-28-2)32-27(31-25)24-15-9-21(10-16-24)18-29-3/h5-16H,4,17-18H2,1-3H3. The lowest BCUT2D eigenvalue weighted by Crippen LogP contribution is -2.61. The second-order valence-corrected chi connectivity index (χ2v) is 7.85. The average Bonchev–Trinajstić information content (AvgIpc) is 2.85. The van der Waals surface area contributed by atoms with Gasteiger partial charge in [-0.15, -0.1) is 0 Å². The van der Waals surface area contributed by atoms with E-state index in [1.165, 1.54) is 5.56 Å². The lowest BCUT2D eigenvalue weighted by molar-refractivity contribution is 0.185. The van der Waals surface area contributed by atoms with Crippen molar-refractivity contribution >= 4 is 37.7 Å². The van der Waals surface area contributed by atoms with Crippen LogP contribution in [0.1, 0.15) is 23.6 Å². The summed E-state index contributed by atoms with van der Waals surface area (Å²) < 4.78 is 29.2. The van der Waals surface area contributed by atoms with Crippen molar-refractivity contribution in [3.63, 3.8) is 0 Å². The number of ether oxygens (including phenoxy) is 2. The van der Waals surface area contributed by atoms with Gasteiger partial charge in [-0.05, 0) is 39.5 Å². The van der Waals surface area contributed by atoms with Crippen LogP contribution in [0.3, 0.4) is 0 Å². The maximum atomic E-state index is 6.25. The molecular formula is C24H27B3O5. The van der Waals surface area contributed by atoms with Crippen LogP contribution in [-0.2, 0) is 42.8 Å². The Kier molecular flexibility index (Phi) is 7.84. The van der Waals surface area contributed by atoms with E-state index in [1.54, 1.807) is 14.2 Å². The van der Waals surface area contributed by atoms with Crippen molar-refractivity contribution in [1.82, 2.24) is 0 Å². The van der Waals surface area contributed by atoms with Crippen molar-refractivity contribution in [2.75, 3.05) is 14.2 Å². The molecule has 0 aliphatic carbocycles. The molecule has 5 nitrogen and oxygen atoms in total. The summed E-state index contributed by atoms with van der Waals surface area (Å²) in [5, 5.41) is 0. The summed E-state index contributed by atoms with van der Waals surface area (Å²) in [6.45, 7) is 3.28. The molecule has 3 aromatic carbocycles. The van der Waals surface area contributed by atoms with E-state index >= 15 is 0 Å². The number of aryl methyl sites for hydroxylation is 1. The van der Waals surface area contributed by atoms with Crippen molar-refractivity contribution < 1.29 is 23.2 Å². The second kappa shape index (κ2) is 11.0. The Balaban J connectivity index is 1.60. The van der Waals surface area contributed by atoms with E-state index in [9.17, 15) is 0 Å². The lowest BCUT2D eigenvalue weighted by atomic mass is 9.61. The summed E-state index contributed by atoms with van der Waals surface area (Å²) in [5.41, 5.74) is 6.30. The molecule has 1 saturated heterocycles. The summed E-state index contributed by atoms with van der Waals surface area (Å²) in [6, 6.07) is 24.5. The van der Waals surface area contributed by atoms with E-state index in [2.05, 4.69) is 31.2 Å². The fraction of sp³-hybridized carbons (Fsp3) is 0.250. The van der Waals surface area contributed by atoms with Gasteiger partial charge in [0.1, 0.15) is 0 Å². The smallest absolute Gasteiger partial charge is 0.445 e. The first kappa shape index (κ1) is 22.8. The minimum Gasteiger partial charge on any atom is -0.445 e. The molecule has 0 N–H and O–H groups in total. The molecule has 0 unspecified atom stereocenters. The molecule has 162 valence electrons. The quantitative estimate of drug-likeness (QED) is 0.515. The predicted octanol–water partition coefficient (Wildman–Crippen LogP) is 2.09.